The van der Waals surface area contributed by atoms with Crippen molar-refractivity contribution in [3.05, 3.63) is 70.1 Å². The van der Waals surface area contributed by atoms with Gasteiger partial charge in [-0.1, -0.05) is 48.0 Å². The number of pyridine rings is 1. The number of halogens is 1. The van der Waals surface area contributed by atoms with Gasteiger partial charge in [0.05, 0.1) is 6.04 Å². The summed E-state index contributed by atoms with van der Waals surface area (Å²) in [6.07, 6.45) is 4.43. The lowest BCUT2D eigenvalue weighted by molar-refractivity contribution is 0.0557. The van der Waals surface area contributed by atoms with Gasteiger partial charge in [-0.3, -0.25) is 4.79 Å². The van der Waals surface area contributed by atoms with Gasteiger partial charge < -0.3 is 9.47 Å². The summed E-state index contributed by atoms with van der Waals surface area (Å²) >= 11 is 6.53. The first-order chi connectivity index (χ1) is 12.7. The van der Waals surface area contributed by atoms with Crippen LogP contribution >= 0.6 is 11.6 Å². The van der Waals surface area contributed by atoms with Gasteiger partial charge in [-0.25, -0.2) is 0 Å². The predicted octanol–water partition coefficient (Wildman–Crippen LogP) is 4.59. The van der Waals surface area contributed by atoms with Crippen molar-refractivity contribution < 1.29 is 0 Å². The second-order valence-electron chi connectivity index (χ2n) is 7.49. The van der Waals surface area contributed by atoms with Crippen LogP contribution in [0.5, 0.6) is 0 Å². The van der Waals surface area contributed by atoms with Crippen LogP contribution in [0, 0.1) is 5.92 Å². The molecule has 132 valence electrons. The van der Waals surface area contributed by atoms with Crippen LogP contribution in [0.4, 0.5) is 0 Å². The Hall–Kier alpha value is -2.10. The Labute approximate surface area is 157 Å². The minimum absolute atomic E-state index is 0.0842. The molecule has 0 spiro atoms. The van der Waals surface area contributed by atoms with Crippen LogP contribution in [0.1, 0.15) is 18.9 Å². The Morgan fingerprint density at radius 1 is 0.962 bits per heavy atom. The van der Waals surface area contributed by atoms with Crippen molar-refractivity contribution in [2.45, 2.75) is 18.9 Å². The minimum Gasteiger partial charge on any atom is -0.310 e. The van der Waals surface area contributed by atoms with Gasteiger partial charge in [-0.15, -0.1) is 0 Å². The van der Waals surface area contributed by atoms with E-state index in [0.717, 1.165) is 28.4 Å². The molecule has 2 bridgehead atoms. The molecule has 6 rings (SSSR count). The molecule has 3 saturated heterocycles. The van der Waals surface area contributed by atoms with Crippen molar-refractivity contribution in [3.8, 4) is 11.1 Å². The van der Waals surface area contributed by atoms with Crippen molar-refractivity contribution in [2.75, 3.05) is 19.6 Å². The quantitative estimate of drug-likeness (QED) is 0.664. The van der Waals surface area contributed by atoms with E-state index >= 15 is 0 Å². The normalized spacial score (nSPS) is 24.9. The summed E-state index contributed by atoms with van der Waals surface area (Å²) in [5, 5.41) is 2.22. The van der Waals surface area contributed by atoms with E-state index in [9.17, 15) is 4.79 Å². The number of fused-ring (bicyclic) bond motifs is 4. The number of rotatable bonds is 2. The first-order valence-corrected chi connectivity index (χ1v) is 9.71. The van der Waals surface area contributed by atoms with E-state index in [1.807, 2.05) is 41.0 Å². The Kier molecular flexibility index (Phi) is 3.87. The molecular weight excluding hydrogens is 344 g/mol. The van der Waals surface area contributed by atoms with Crippen molar-refractivity contribution in [1.82, 2.24) is 9.47 Å². The van der Waals surface area contributed by atoms with Crippen LogP contribution in [-0.2, 0) is 0 Å². The van der Waals surface area contributed by atoms with Crippen LogP contribution in [0.3, 0.4) is 0 Å². The lowest BCUT2D eigenvalue weighted by Crippen LogP contribution is -2.50. The zero-order valence-electron chi connectivity index (χ0n) is 14.6. The predicted molar refractivity (Wildman–Crippen MR) is 107 cm³/mol. The van der Waals surface area contributed by atoms with Gasteiger partial charge in [0.1, 0.15) is 0 Å². The number of aromatic nitrogens is 1. The Morgan fingerprint density at radius 3 is 2.42 bits per heavy atom. The van der Waals surface area contributed by atoms with Gasteiger partial charge in [0.25, 0.3) is 5.56 Å². The molecule has 0 N–H and O–H groups in total. The van der Waals surface area contributed by atoms with Crippen LogP contribution in [-0.4, -0.2) is 29.1 Å². The number of hydrogen-bond acceptors (Lipinski definition) is 2. The number of benzene rings is 2. The fourth-order valence-corrected chi connectivity index (χ4v) is 4.99. The zero-order chi connectivity index (χ0) is 17.7. The van der Waals surface area contributed by atoms with E-state index in [1.54, 1.807) is 0 Å². The Balaban J connectivity index is 1.78. The number of piperidine rings is 3. The van der Waals surface area contributed by atoms with E-state index in [2.05, 4.69) is 23.2 Å². The van der Waals surface area contributed by atoms with Crippen LogP contribution in [0.15, 0.2) is 59.5 Å². The molecule has 3 aliphatic heterocycles. The molecular formula is C22H21ClN2O. The van der Waals surface area contributed by atoms with Gasteiger partial charge >= 0.3 is 0 Å². The second-order valence-corrected chi connectivity index (χ2v) is 7.90. The average molecular weight is 365 g/mol. The highest BCUT2D eigenvalue weighted by Crippen LogP contribution is 2.38. The fraction of sp³-hybridized carbons (Fsp3) is 0.318. The standard InChI is InChI=1S/C22H21ClN2O/c23-19-8-4-7-17-21(19)18(15-5-2-1-3-6-15)13-25(22(17)26)20-14-24-11-9-16(20)10-12-24/h1-8,13,16,20H,9-12,14H2. The molecule has 3 aromatic rings. The smallest absolute Gasteiger partial charge is 0.258 e. The summed E-state index contributed by atoms with van der Waals surface area (Å²) in [5.41, 5.74) is 2.23. The minimum atomic E-state index is 0.0842. The molecule has 1 aromatic heterocycles. The first kappa shape index (κ1) is 16.1. The van der Waals surface area contributed by atoms with Gasteiger partial charge in [0.2, 0.25) is 0 Å². The highest BCUT2D eigenvalue weighted by Gasteiger charge is 2.36. The van der Waals surface area contributed by atoms with Gasteiger partial charge in [-0.2, -0.15) is 0 Å². The Bertz CT molecular complexity index is 1020. The average Bonchev–Trinajstić information content (AvgIpc) is 2.70. The highest BCUT2D eigenvalue weighted by atomic mass is 35.5. The summed E-state index contributed by atoms with van der Waals surface area (Å²) in [6.45, 7) is 3.31. The SMILES string of the molecule is O=c1c2cccc(Cl)c2c(-c2ccccc2)cn1C1CN2CCC1CC2. The summed E-state index contributed by atoms with van der Waals surface area (Å²) in [6, 6.07) is 16.2. The Morgan fingerprint density at radius 2 is 1.73 bits per heavy atom. The van der Waals surface area contributed by atoms with Crippen molar-refractivity contribution in [3.63, 3.8) is 0 Å². The third kappa shape index (κ3) is 2.50. The van der Waals surface area contributed by atoms with E-state index < -0.39 is 0 Å². The van der Waals surface area contributed by atoms with Crippen LogP contribution in [0.25, 0.3) is 21.9 Å². The monoisotopic (exact) mass is 364 g/mol. The highest BCUT2D eigenvalue weighted by molar-refractivity contribution is 6.36. The van der Waals surface area contributed by atoms with Crippen molar-refractivity contribution in [2.24, 2.45) is 5.92 Å². The van der Waals surface area contributed by atoms with Crippen LogP contribution in [0.2, 0.25) is 5.02 Å². The molecule has 0 aliphatic carbocycles. The molecule has 2 aromatic carbocycles. The molecule has 3 nitrogen and oxygen atoms in total. The summed E-state index contributed by atoms with van der Waals surface area (Å²) in [4.78, 5) is 15.8. The molecule has 1 unspecified atom stereocenters. The maximum atomic E-state index is 13.3. The van der Waals surface area contributed by atoms with Gasteiger partial charge in [0, 0.05) is 34.1 Å². The van der Waals surface area contributed by atoms with Crippen molar-refractivity contribution >= 4 is 22.4 Å². The molecule has 1 atom stereocenters. The lowest BCUT2D eigenvalue weighted by Gasteiger charge is -2.45. The molecule has 4 heteroatoms. The fourth-order valence-electron chi connectivity index (χ4n) is 4.71. The summed E-state index contributed by atoms with van der Waals surface area (Å²) in [7, 11) is 0. The number of nitrogens with zero attached hydrogens (tertiary/aromatic N) is 2. The molecule has 3 aliphatic rings. The van der Waals surface area contributed by atoms with Crippen LogP contribution < -0.4 is 5.56 Å². The summed E-state index contributed by atoms with van der Waals surface area (Å²) in [5.74, 6) is 0.595. The third-order valence-electron chi connectivity index (χ3n) is 6.08. The summed E-state index contributed by atoms with van der Waals surface area (Å²) < 4.78 is 2.00. The largest absolute Gasteiger partial charge is 0.310 e. The lowest BCUT2D eigenvalue weighted by atomic mass is 9.83. The molecule has 3 fully saturated rings. The van der Waals surface area contributed by atoms with E-state index in [0.29, 0.717) is 10.9 Å². The van der Waals surface area contributed by atoms with E-state index in [-0.39, 0.29) is 11.6 Å². The van der Waals surface area contributed by atoms with Crippen molar-refractivity contribution in [1.29, 1.82) is 0 Å². The molecule has 0 radical (unpaired) electrons. The maximum absolute atomic E-state index is 13.3. The first-order valence-electron chi connectivity index (χ1n) is 9.33. The van der Waals surface area contributed by atoms with E-state index in [1.165, 1.54) is 25.9 Å². The molecule has 0 saturated carbocycles. The van der Waals surface area contributed by atoms with Gasteiger partial charge in [0.15, 0.2) is 0 Å². The maximum Gasteiger partial charge on any atom is 0.258 e. The zero-order valence-corrected chi connectivity index (χ0v) is 15.3. The van der Waals surface area contributed by atoms with E-state index in [4.69, 9.17) is 11.6 Å². The molecule has 4 heterocycles. The topological polar surface area (TPSA) is 25.2 Å². The molecule has 0 amide bonds. The molecule has 26 heavy (non-hydrogen) atoms. The number of hydrogen-bond donors (Lipinski definition) is 0. The van der Waals surface area contributed by atoms with Gasteiger partial charge in [-0.05, 0) is 49.5 Å². The second kappa shape index (κ2) is 6.26. The third-order valence-corrected chi connectivity index (χ3v) is 6.39.